The molecule has 3 aromatic rings. The molecule has 0 spiro atoms. The highest BCUT2D eigenvalue weighted by molar-refractivity contribution is 6.05. The predicted octanol–water partition coefficient (Wildman–Crippen LogP) is 4.05. The maximum Gasteiger partial charge on any atom is 0.263 e. The fraction of sp³-hybridized carbons (Fsp3) is 0.310. The average Bonchev–Trinajstić information content (AvgIpc) is 3.21. The number of carbonyl (C=O) groups is 3. The highest BCUT2D eigenvalue weighted by atomic mass is 19.3. The van der Waals surface area contributed by atoms with Gasteiger partial charge in [0.25, 0.3) is 12.3 Å². The number of pyridine rings is 1. The number of hydrogen-bond acceptors (Lipinski definition) is 5. The molecule has 3 amide bonds. The zero-order chi connectivity index (χ0) is 26.4. The SMILES string of the molecule is O=C1CCC(N2Cc3cc(-c4cc(CN5CC(c6ccc(C(F)F)cc6)C5)ccn4)ccc3C2=O)C(=O)N1. The second-order valence-corrected chi connectivity index (χ2v) is 10.2. The zero-order valence-corrected chi connectivity index (χ0v) is 20.6. The van der Waals surface area contributed by atoms with E-state index >= 15 is 0 Å². The summed E-state index contributed by atoms with van der Waals surface area (Å²) in [6, 6.07) is 15.6. The lowest BCUT2D eigenvalue weighted by Gasteiger charge is -2.39. The number of imide groups is 1. The number of nitrogens with zero attached hydrogens (tertiary/aromatic N) is 3. The Bertz CT molecular complexity index is 1420. The first kappa shape index (κ1) is 24.4. The lowest BCUT2D eigenvalue weighted by Crippen LogP contribution is -2.52. The number of aromatic nitrogens is 1. The molecule has 0 bridgehead atoms. The van der Waals surface area contributed by atoms with E-state index < -0.39 is 18.4 Å². The summed E-state index contributed by atoms with van der Waals surface area (Å²) in [5.41, 5.74) is 5.36. The van der Waals surface area contributed by atoms with Gasteiger partial charge in [-0.05, 0) is 47.4 Å². The molecule has 7 nitrogen and oxygen atoms in total. The van der Waals surface area contributed by atoms with Gasteiger partial charge in [-0.3, -0.25) is 29.6 Å². The summed E-state index contributed by atoms with van der Waals surface area (Å²) in [5.74, 6) is -0.583. The van der Waals surface area contributed by atoms with E-state index in [1.165, 1.54) is 12.1 Å². The third kappa shape index (κ3) is 4.58. The van der Waals surface area contributed by atoms with Crippen molar-refractivity contribution in [1.29, 1.82) is 0 Å². The van der Waals surface area contributed by atoms with Crippen LogP contribution in [0.4, 0.5) is 8.78 Å². The summed E-state index contributed by atoms with van der Waals surface area (Å²) in [7, 11) is 0. The van der Waals surface area contributed by atoms with E-state index in [-0.39, 0.29) is 23.8 Å². The number of likely N-dealkylation sites (tertiary alicyclic amines) is 1. The summed E-state index contributed by atoms with van der Waals surface area (Å²) in [5, 5.41) is 2.33. The van der Waals surface area contributed by atoms with Crippen molar-refractivity contribution in [2.45, 2.75) is 44.3 Å². The van der Waals surface area contributed by atoms with E-state index in [0.29, 0.717) is 24.4 Å². The van der Waals surface area contributed by atoms with Crippen LogP contribution in [0.15, 0.2) is 60.8 Å². The third-order valence-electron chi connectivity index (χ3n) is 7.67. The van der Waals surface area contributed by atoms with Crippen LogP contribution in [-0.4, -0.2) is 51.6 Å². The number of halogens is 2. The quantitative estimate of drug-likeness (QED) is 0.500. The Morgan fingerprint density at radius 1 is 1.00 bits per heavy atom. The summed E-state index contributed by atoms with van der Waals surface area (Å²) < 4.78 is 25.6. The Morgan fingerprint density at radius 2 is 1.79 bits per heavy atom. The predicted molar refractivity (Wildman–Crippen MR) is 135 cm³/mol. The fourth-order valence-electron chi connectivity index (χ4n) is 5.55. The van der Waals surface area contributed by atoms with Gasteiger partial charge in [0.2, 0.25) is 11.8 Å². The molecule has 2 saturated heterocycles. The van der Waals surface area contributed by atoms with Crippen molar-refractivity contribution in [3.05, 3.63) is 88.6 Å². The molecule has 0 radical (unpaired) electrons. The van der Waals surface area contributed by atoms with Crippen LogP contribution in [0.25, 0.3) is 11.3 Å². The number of carbonyl (C=O) groups excluding carboxylic acids is 3. The van der Waals surface area contributed by atoms with Crippen LogP contribution in [0.2, 0.25) is 0 Å². The molecule has 0 aliphatic carbocycles. The highest BCUT2D eigenvalue weighted by Crippen LogP contribution is 2.32. The number of nitrogens with one attached hydrogen (secondary N) is 1. The number of alkyl halides is 2. The molecule has 0 saturated carbocycles. The molecule has 4 heterocycles. The van der Waals surface area contributed by atoms with Crippen molar-refractivity contribution < 1.29 is 23.2 Å². The molecule has 2 fully saturated rings. The van der Waals surface area contributed by atoms with Crippen LogP contribution >= 0.6 is 0 Å². The topological polar surface area (TPSA) is 82.6 Å². The van der Waals surface area contributed by atoms with Gasteiger partial charge < -0.3 is 4.90 Å². The molecule has 1 unspecified atom stereocenters. The number of hydrogen-bond donors (Lipinski definition) is 1. The maximum atomic E-state index is 13.0. The van der Waals surface area contributed by atoms with Crippen molar-refractivity contribution in [2.75, 3.05) is 13.1 Å². The lowest BCUT2D eigenvalue weighted by molar-refractivity contribution is -0.136. The van der Waals surface area contributed by atoms with Crippen LogP contribution in [0.1, 0.15) is 57.8 Å². The Labute approximate surface area is 218 Å². The lowest BCUT2D eigenvalue weighted by atomic mass is 9.90. The molecule has 2 aromatic carbocycles. The molecule has 1 atom stereocenters. The van der Waals surface area contributed by atoms with Crippen LogP contribution in [-0.2, 0) is 22.7 Å². The molecule has 1 aromatic heterocycles. The van der Waals surface area contributed by atoms with Crippen molar-refractivity contribution in [3.63, 3.8) is 0 Å². The summed E-state index contributed by atoms with van der Waals surface area (Å²) in [6.45, 7) is 2.81. The number of piperidine rings is 1. The molecule has 9 heteroatoms. The molecular formula is C29H26F2N4O3. The largest absolute Gasteiger partial charge is 0.322 e. The van der Waals surface area contributed by atoms with E-state index in [1.54, 1.807) is 29.3 Å². The third-order valence-corrected chi connectivity index (χ3v) is 7.67. The minimum Gasteiger partial charge on any atom is -0.322 e. The molecule has 194 valence electrons. The first-order valence-electron chi connectivity index (χ1n) is 12.7. The van der Waals surface area contributed by atoms with Crippen molar-refractivity contribution >= 4 is 17.7 Å². The van der Waals surface area contributed by atoms with Gasteiger partial charge in [-0.25, -0.2) is 8.78 Å². The highest BCUT2D eigenvalue weighted by Gasteiger charge is 2.39. The van der Waals surface area contributed by atoms with Crippen LogP contribution in [0.3, 0.4) is 0 Å². The minimum atomic E-state index is -2.45. The zero-order valence-electron chi connectivity index (χ0n) is 20.6. The number of amides is 3. The summed E-state index contributed by atoms with van der Waals surface area (Å²) >= 11 is 0. The van der Waals surface area contributed by atoms with Crippen molar-refractivity contribution in [1.82, 2.24) is 20.1 Å². The molecular weight excluding hydrogens is 490 g/mol. The summed E-state index contributed by atoms with van der Waals surface area (Å²) in [6.07, 6.45) is -0.113. The van der Waals surface area contributed by atoms with Gasteiger partial charge in [-0.1, -0.05) is 30.3 Å². The van der Waals surface area contributed by atoms with Gasteiger partial charge in [0.1, 0.15) is 6.04 Å². The monoisotopic (exact) mass is 516 g/mol. The van der Waals surface area contributed by atoms with Crippen molar-refractivity contribution in [2.24, 2.45) is 0 Å². The molecule has 6 rings (SSSR count). The van der Waals surface area contributed by atoms with E-state index in [9.17, 15) is 23.2 Å². The van der Waals surface area contributed by atoms with E-state index in [1.807, 2.05) is 24.3 Å². The average molecular weight is 517 g/mol. The number of rotatable bonds is 6. The van der Waals surface area contributed by atoms with Crippen molar-refractivity contribution in [3.8, 4) is 11.3 Å². The van der Waals surface area contributed by atoms with Gasteiger partial charge >= 0.3 is 0 Å². The number of benzene rings is 2. The van der Waals surface area contributed by atoms with Gasteiger partial charge in [-0.15, -0.1) is 0 Å². The minimum absolute atomic E-state index is 0.0499. The van der Waals surface area contributed by atoms with E-state index in [2.05, 4.69) is 15.2 Å². The van der Waals surface area contributed by atoms with E-state index in [4.69, 9.17) is 0 Å². The smallest absolute Gasteiger partial charge is 0.263 e. The Morgan fingerprint density at radius 3 is 2.53 bits per heavy atom. The van der Waals surface area contributed by atoms with Gasteiger partial charge in [0, 0.05) is 61.4 Å². The first-order chi connectivity index (χ1) is 18.4. The first-order valence-corrected chi connectivity index (χ1v) is 12.7. The molecule has 38 heavy (non-hydrogen) atoms. The van der Waals surface area contributed by atoms with Crippen LogP contribution in [0, 0.1) is 0 Å². The van der Waals surface area contributed by atoms with Crippen LogP contribution < -0.4 is 5.32 Å². The Hall–Kier alpha value is -3.98. The van der Waals surface area contributed by atoms with Gasteiger partial charge in [0.05, 0.1) is 5.69 Å². The van der Waals surface area contributed by atoms with Gasteiger partial charge in [0.15, 0.2) is 0 Å². The van der Waals surface area contributed by atoms with E-state index in [0.717, 1.165) is 47.6 Å². The molecule has 1 N–H and O–H groups in total. The Balaban J connectivity index is 1.11. The van der Waals surface area contributed by atoms with Gasteiger partial charge in [-0.2, -0.15) is 0 Å². The molecule has 3 aliphatic rings. The molecule has 3 aliphatic heterocycles. The number of fused-ring (bicyclic) bond motifs is 1. The normalized spacial score (nSPS) is 20.0. The van der Waals surface area contributed by atoms with Crippen LogP contribution in [0.5, 0.6) is 0 Å². The standard InChI is InChI=1S/C29H26F2N4O3/c30-27(31)19-3-1-18(2-4-19)22-14-34(15-22)13-17-9-10-32-24(11-17)20-5-6-23-21(12-20)16-35(29(23)38)25-7-8-26(36)33-28(25)37/h1-6,9-12,22,25,27H,7-8,13-16H2,(H,33,36,37). The summed E-state index contributed by atoms with van der Waals surface area (Å²) in [4.78, 5) is 45.2. The fourth-order valence-corrected chi connectivity index (χ4v) is 5.55. The Kier molecular flexibility index (Phi) is 6.23. The second kappa shape index (κ2) is 9.72. The maximum absolute atomic E-state index is 13.0. The second-order valence-electron chi connectivity index (χ2n) is 10.2.